The summed E-state index contributed by atoms with van der Waals surface area (Å²) in [4.78, 5) is 16.4. The van der Waals surface area contributed by atoms with Crippen LogP contribution >= 0.6 is 15.9 Å². The molecule has 7 nitrogen and oxygen atoms in total. The molecule has 0 aliphatic carbocycles. The summed E-state index contributed by atoms with van der Waals surface area (Å²) in [5, 5.41) is 19.7. The molecule has 1 saturated heterocycles. The molecule has 1 unspecified atom stereocenters. The van der Waals surface area contributed by atoms with E-state index in [-0.39, 0.29) is 5.69 Å². The van der Waals surface area contributed by atoms with Crippen molar-refractivity contribution in [2.24, 2.45) is 0 Å². The average Bonchev–Trinajstić information content (AvgIpc) is 2.41. The zero-order chi connectivity index (χ0) is 14.0. The quantitative estimate of drug-likeness (QED) is 0.607. The van der Waals surface area contributed by atoms with Crippen molar-refractivity contribution in [3.8, 4) is 6.07 Å². The van der Waals surface area contributed by atoms with Gasteiger partial charge in [0.1, 0.15) is 12.0 Å². The van der Waals surface area contributed by atoms with Crippen molar-refractivity contribution >= 4 is 27.4 Å². The number of nitriles is 1. The van der Waals surface area contributed by atoms with Gasteiger partial charge in [-0.3, -0.25) is 10.1 Å². The second-order valence-corrected chi connectivity index (χ2v) is 4.89. The van der Waals surface area contributed by atoms with Crippen molar-refractivity contribution in [1.29, 1.82) is 5.26 Å². The Balaban J connectivity index is 2.33. The second kappa shape index (κ2) is 5.50. The van der Waals surface area contributed by atoms with Crippen LogP contribution in [0.4, 0.5) is 11.5 Å². The molecule has 0 bridgehead atoms. The van der Waals surface area contributed by atoms with Crippen LogP contribution in [0.1, 0.15) is 5.56 Å². The molecule has 0 spiro atoms. The van der Waals surface area contributed by atoms with Gasteiger partial charge in [-0.25, -0.2) is 4.98 Å². The summed E-state index contributed by atoms with van der Waals surface area (Å²) in [7, 11) is 0. The van der Waals surface area contributed by atoms with Crippen LogP contribution in [0.3, 0.4) is 0 Å². The maximum absolute atomic E-state index is 10.8. The predicted molar refractivity (Wildman–Crippen MR) is 70.9 cm³/mol. The number of rotatable bonds is 2. The Hall–Kier alpha value is -1.72. The van der Waals surface area contributed by atoms with Crippen LogP contribution < -0.4 is 4.90 Å². The minimum atomic E-state index is -0.502. The highest BCUT2D eigenvalue weighted by molar-refractivity contribution is 9.10. The van der Waals surface area contributed by atoms with Crippen molar-refractivity contribution in [3.05, 3.63) is 26.3 Å². The lowest BCUT2D eigenvalue weighted by Gasteiger charge is -2.31. The number of nitro groups is 1. The van der Waals surface area contributed by atoms with Crippen molar-refractivity contribution in [1.82, 2.24) is 4.98 Å². The number of pyridine rings is 1. The maximum atomic E-state index is 10.8. The molecule has 2 heterocycles. The fourth-order valence-corrected chi connectivity index (χ4v) is 2.44. The maximum Gasteiger partial charge on any atom is 0.291 e. The highest BCUT2D eigenvalue weighted by Crippen LogP contribution is 2.33. The molecule has 0 radical (unpaired) electrons. The molecule has 100 valence electrons. The van der Waals surface area contributed by atoms with Crippen LogP contribution in [0.15, 0.2) is 10.7 Å². The number of morpholine rings is 1. The summed E-state index contributed by atoms with van der Waals surface area (Å²) < 4.78 is 5.84. The monoisotopic (exact) mass is 326 g/mol. The molecule has 0 saturated carbocycles. The molecule has 1 atom stereocenters. The molecule has 19 heavy (non-hydrogen) atoms. The predicted octanol–water partition coefficient (Wildman–Crippen LogP) is 1.79. The van der Waals surface area contributed by atoms with Gasteiger partial charge in [0.25, 0.3) is 5.69 Å². The van der Waals surface area contributed by atoms with Gasteiger partial charge in [0.05, 0.1) is 28.6 Å². The van der Waals surface area contributed by atoms with Crippen LogP contribution in [-0.2, 0) is 4.74 Å². The highest BCUT2D eigenvalue weighted by atomic mass is 79.9. The van der Waals surface area contributed by atoms with Crippen LogP contribution in [0.2, 0.25) is 0 Å². The summed E-state index contributed by atoms with van der Waals surface area (Å²) in [5.74, 6) is 0.603. The Morgan fingerprint density at radius 3 is 3.11 bits per heavy atom. The number of aromatic nitrogens is 1. The molecule has 2 rings (SSSR count). The lowest BCUT2D eigenvalue weighted by Crippen LogP contribution is -2.42. The van der Waals surface area contributed by atoms with Gasteiger partial charge >= 0.3 is 0 Å². The Labute approximate surface area is 118 Å². The summed E-state index contributed by atoms with van der Waals surface area (Å²) in [6.07, 6.45) is 0.740. The zero-order valence-electron chi connectivity index (χ0n) is 10.2. The molecule has 8 heteroatoms. The molecule has 0 amide bonds. The molecule has 1 aromatic rings. The van der Waals surface area contributed by atoms with Gasteiger partial charge in [-0.05, 0) is 22.9 Å². The van der Waals surface area contributed by atoms with Gasteiger partial charge in [-0.2, -0.15) is 5.26 Å². The normalized spacial score (nSPS) is 19.0. The Kier molecular flexibility index (Phi) is 3.97. The van der Waals surface area contributed by atoms with Crippen LogP contribution in [0, 0.1) is 28.4 Å². The first-order chi connectivity index (χ1) is 9.04. The van der Waals surface area contributed by atoms with Gasteiger partial charge in [0.15, 0.2) is 6.10 Å². The molecule has 1 aromatic heterocycles. The van der Waals surface area contributed by atoms with Crippen LogP contribution in [0.5, 0.6) is 0 Å². The fraction of sp³-hybridized carbons (Fsp3) is 0.455. The largest absolute Gasteiger partial charge is 0.360 e. The van der Waals surface area contributed by atoms with E-state index in [1.54, 1.807) is 6.92 Å². The third-order valence-corrected chi connectivity index (χ3v) is 3.87. The smallest absolute Gasteiger partial charge is 0.291 e. The molecule has 1 aliphatic rings. The van der Waals surface area contributed by atoms with Gasteiger partial charge < -0.3 is 9.64 Å². The number of halogens is 1. The third-order valence-electron chi connectivity index (χ3n) is 2.93. The van der Waals surface area contributed by atoms with Crippen LogP contribution in [0.25, 0.3) is 0 Å². The molecule has 0 N–H and O–H groups in total. The van der Waals surface area contributed by atoms with E-state index in [1.807, 2.05) is 4.90 Å². The Morgan fingerprint density at radius 1 is 1.74 bits per heavy atom. The van der Waals surface area contributed by atoms with Gasteiger partial charge in [-0.1, -0.05) is 0 Å². The van der Waals surface area contributed by atoms with E-state index in [0.717, 1.165) is 0 Å². The van der Waals surface area contributed by atoms with Crippen molar-refractivity contribution in [3.63, 3.8) is 0 Å². The first-order valence-corrected chi connectivity index (χ1v) is 6.39. The third kappa shape index (κ3) is 2.67. The zero-order valence-corrected chi connectivity index (χ0v) is 11.8. The van der Waals surface area contributed by atoms with E-state index < -0.39 is 11.0 Å². The first kappa shape index (κ1) is 13.7. The van der Waals surface area contributed by atoms with Crippen molar-refractivity contribution in [2.75, 3.05) is 24.6 Å². The fourth-order valence-electron chi connectivity index (χ4n) is 1.88. The molecule has 1 fully saturated rings. The molecule has 0 aromatic carbocycles. The van der Waals surface area contributed by atoms with E-state index in [9.17, 15) is 10.1 Å². The summed E-state index contributed by atoms with van der Waals surface area (Å²) in [6, 6.07) is 2.05. The number of ether oxygens (including phenoxy) is 1. The highest BCUT2D eigenvalue weighted by Gasteiger charge is 2.25. The topological polar surface area (TPSA) is 92.3 Å². The lowest BCUT2D eigenvalue weighted by molar-refractivity contribution is -0.385. The van der Waals surface area contributed by atoms with E-state index in [0.29, 0.717) is 35.6 Å². The minimum absolute atomic E-state index is 0.0271. The summed E-state index contributed by atoms with van der Waals surface area (Å²) in [5.41, 5.74) is 0.496. The van der Waals surface area contributed by atoms with Crippen LogP contribution in [-0.4, -0.2) is 35.7 Å². The lowest BCUT2D eigenvalue weighted by atomic mass is 10.2. The summed E-state index contributed by atoms with van der Waals surface area (Å²) in [6.45, 7) is 3.10. The summed E-state index contributed by atoms with van der Waals surface area (Å²) >= 11 is 3.34. The van der Waals surface area contributed by atoms with Gasteiger partial charge in [-0.15, -0.1) is 0 Å². The number of hydrogen-bond acceptors (Lipinski definition) is 6. The van der Waals surface area contributed by atoms with Crippen molar-refractivity contribution < 1.29 is 9.66 Å². The van der Waals surface area contributed by atoms with Gasteiger partial charge in [0.2, 0.25) is 0 Å². The van der Waals surface area contributed by atoms with E-state index >= 15 is 0 Å². The number of nitrogens with zero attached hydrogens (tertiary/aromatic N) is 4. The molecular weight excluding hydrogens is 316 g/mol. The second-order valence-electron chi connectivity index (χ2n) is 4.10. The Morgan fingerprint density at radius 2 is 2.47 bits per heavy atom. The standard InChI is InChI=1S/C11H11BrN4O3/c1-7-9(16(17)18)5-14-11(10(7)12)15-2-3-19-8(4-13)6-15/h5,8H,2-3,6H2,1H3. The number of hydrogen-bond donors (Lipinski definition) is 0. The van der Waals surface area contributed by atoms with E-state index in [4.69, 9.17) is 10.00 Å². The first-order valence-electron chi connectivity index (χ1n) is 5.60. The van der Waals surface area contributed by atoms with E-state index in [1.165, 1.54) is 6.20 Å². The SMILES string of the molecule is Cc1c([N+](=O)[O-])cnc(N2CCOC(C#N)C2)c1Br. The molecular formula is C11H11BrN4O3. The van der Waals surface area contributed by atoms with Crippen molar-refractivity contribution in [2.45, 2.75) is 13.0 Å². The van der Waals surface area contributed by atoms with E-state index in [2.05, 4.69) is 27.0 Å². The average molecular weight is 327 g/mol. The molecule has 1 aliphatic heterocycles. The Bertz CT molecular complexity index is 558. The number of anilines is 1. The minimum Gasteiger partial charge on any atom is -0.360 e. The van der Waals surface area contributed by atoms with Gasteiger partial charge in [0, 0.05) is 12.1 Å².